The summed E-state index contributed by atoms with van der Waals surface area (Å²) in [4.78, 5) is 16.7. The summed E-state index contributed by atoms with van der Waals surface area (Å²) in [7, 11) is -3.37. The number of carbonyl (C=O) groups is 1. The van der Waals surface area contributed by atoms with E-state index in [4.69, 9.17) is 4.84 Å². The van der Waals surface area contributed by atoms with Crippen molar-refractivity contribution in [2.24, 2.45) is 5.16 Å². The van der Waals surface area contributed by atoms with Crippen LogP contribution in [-0.2, 0) is 20.9 Å². The highest BCUT2D eigenvalue weighted by atomic mass is 32.2. The number of thiophene rings is 1. The van der Waals surface area contributed by atoms with E-state index < -0.39 is 27.5 Å². The standard InChI is InChI=1S/C15H10F3NO4S2/c16-15(17,18)10-3-1-2-9(8-10)13(20)23-19-12-5-7-25(21,22)14-11(12)4-6-24-14/h1-4,6,8H,5,7H2/b19-12-. The van der Waals surface area contributed by atoms with Crippen LogP contribution in [0, 0.1) is 0 Å². The third-order valence-electron chi connectivity index (χ3n) is 3.50. The molecule has 10 heteroatoms. The average Bonchev–Trinajstić information content (AvgIpc) is 3.04. The van der Waals surface area contributed by atoms with Gasteiger partial charge >= 0.3 is 12.1 Å². The van der Waals surface area contributed by atoms with Gasteiger partial charge in [-0.2, -0.15) is 13.2 Å². The fraction of sp³-hybridized carbons (Fsp3) is 0.200. The zero-order valence-corrected chi connectivity index (χ0v) is 14.0. The minimum Gasteiger partial charge on any atom is -0.313 e. The van der Waals surface area contributed by atoms with Crippen LogP contribution in [0.4, 0.5) is 13.2 Å². The Balaban J connectivity index is 1.83. The number of sulfone groups is 1. The first kappa shape index (κ1) is 17.6. The van der Waals surface area contributed by atoms with Crippen molar-refractivity contribution in [3.8, 4) is 0 Å². The first-order valence-electron chi connectivity index (χ1n) is 6.94. The molecule has 0 saturated heterocycles. The molecule has 0 amide bonds. The van der Waals surface area contributed by atoms with Crippen LogP contribution >= 0.6 is 11.3 Å². The minimum atomic E-state index is -4.58. The molecule has 0 N–H and O–H groups in total. The van der Waals surface area contributed by atoms with Gasteiger partial charge in [-0.25, -0.2) is 13.2 Å². The van der Waals surface area contributed by atoms with Crippen LogP contribution in [0.25, 0.3) is 0 Å². The SMILES string of the molecule is O=C(O/N=C1/CCS(=O)(=O)c2sccc21)c1cccc(C(F)(F)F)c1. The van der Waals surface area contributed by atoms with E-state index in [-0.39, 0.29) is 27.7 Å². The van der Waals surface area contributed by atoms with E-state index in [1.165, 1.54) is 6.07 Å². The number of alkyl halides is 3. The fourth-order valence-corrected chi connectivity index (χ4v) is 5.09. The molecule has 0 spiro atoms. The van der Waals surface area contributed by atoms with Gasteiger partial charge in [0.05, 0.1) is 22.6 Å². The molecule has 0 saturated carbocycles. The summed E-state index contributed by atoms with van der Waals surface area (Å²) in [5.41, 5.74) is -0.647. The third kappa shape index (κ3) is 3.59. The van der Waals surface area contributed by atoms with Gasteiger partial charge in [0.1, 0.15) is 4.21 Å². The molecular formula is C15H10F3NO4S2. The largest absolute Gasteiger partial charge is 0.416 e. The molecule has 1 aromatic carbocycles. The monoisotopic (exact) mass is 389 g/mol. The lowest BCUT2D eigenvalue weighted by Gasteiger charge is -2.13. The maximum absolute atomic E-state index is 12.7. The van der Waals surface area contributed by atoms with Crippen molar-refractivity contribution >= 4 is 32.9 Å². The second kappa shape index (κ2) is 6.26. The highest BCUT2D eigenvalue weighted by Gasteiger charge is 2.32. The van der Waals surface area contributed by atoms with Gasteiger partial charge in [-0.3, -0.25) is 0 Å². The Kier molecular flexibility index (Phi) is 4.41. The van der Waals surface area contributed by atoms with Crippen LogP contribution in [0.3, 0.4) is 0 Å². The summed E-state index contributed by atoms with van der Waals surface area (Å²) in [6.45, 7) is 0. The molecule has 25 heavy (non-hydrogen) atoms. The van der Waals surface area contributed by atoms with Crippen molar-refractivity contribution in [1.82, 2.24) is 0 Å². The van der Waals surface area contributed by atoms with Crippen molar-refractivity contribution < 1.29 is 31.2 Å². The van der Waals surface area contributed by atoms with Crippen molar-refractivity contribution in [3.05, 3.63) is 52.4 Å². The van der Waals surface area contributed by atoms with E-state index in [0.717, 1.165) is 23.5 Å². The van der Waals surface area contributed by atoms with Gasteiger partial charge in [0.15, 0.2) is 9.84 Å². The van der Waals surface area contributed by atoms with Gasteiger partial charge in [-0.15, -0.1) is 11.3 Å². The van der Waals surface area contributed by atoms with E-state index in [9.17, 15) is 26.4 Å². The summed E-state index contributed by atoms with van der Waals surface area (Å²) in [5.74, 6) is -1.22. The molecule has 5 nitrogen and oxygen atoms in total. The van der Waals surface area contributed by atoms with Crippen molar-refractivity contribution in [2.45, 2.75) is 16.8 Å². The zero-order valence-electron chi connectivity index (χ0n) is 12.4. The molecule has 1 aliphatic heterocycles. The Labute approximate surface area is 144 Å². The lowest BCUT2D eigenvalue weighted by Crippen LogP contribution is -2.20. The summed E-state index contributed by atoms with van der Waals surface area (Å²) < 4.78 is 62.0. The first-order chi connectivity index (χ1) is 11.7. The van der Waals surface area contributed by atoms with Crippen LogP contribution in [0.5, 0.6) is 0 Å². The van der Waals surface area contributed by atoms with Gasteiger partial charge in [0, 0.05) is 12.0 Å². The summed E-state index contributed by atoms with van der Waals surface area (Å²) in [6, 6.07) is 5.33. The number of oxime groups is 1. The Bertz CT molecular complexity index is 961. The molecule has 132 valence electrons. The van der Waals surface area contributed by atoms with Crippen LogP contribution in [0.2, 0.25) is 0 Å². The molecule has 0 radical (unpaired) electrons. The Morgan fingerprint density at radius 1 is 1.24 bits per heavy atom. The fourth-order valence-electron chi connectivity index (χ4n) is 2.28. The molecular weight excluding hydrogens is 379 g/mol. The van der Waals surface area contributed by atoms with Crippen LogP contribution < -0.4 is 0 Å². The van der Waals surface area contributed by atoms with Gasteiger partial charge in [-0.1, -0.05) is 11.2 Å². The van der Waals surface area contributed by atoms with E-state index >= 15 is 0 Å². The lowest BCUT2D eigenvalue weighted by atomic mass is 10.1. The molecule has 1 aliphatic rings. The number of halogens is 3. The molecule has 2 heterocycles. The topological polar surface area (TPSA) is 72.8 Å². The van der Waals surface area contributed by atoms with E-state index in [1.807, 2.05) is 0 Å². The van der Waals surface area contributed by atoms with Crippen LogP contribution in [-0.4, -0.2) is 25.9 Å². The minimum absolute atomic E-state index is 0.0575. The molecule has 1 aromatic heterocycles. The summed E-state index contributed by atoms with van der Waals surface area (Å²) >= 11 is 1.04. The van der Waals surface area contributed by atoms with E-state index in [2.05, 4.69) is 5.16 Å². The Morgan fingerprint density at radius 3 is 2.72 bits per heavy atom. The van der Waals surface area contributed by atoms with Gasteiger partial charge in [-0.05, 0) is 29.6 Å². The quantitative estimate of drug-likeness (QED) is 0.582. The third-order valence-corrected chi connectivity index (χ3v) is 6.78. The van der Waals surface area contributed by atoms with Gasteiger partial charge in [0.25, 0.3) is 0 Å². The molecule has 0 atom stereocenters. The molecule has 0 unspecified atom stereocenters. The number of hydrogen-bond donors (Lipinski definition) is 0. The summed E-state index contributed by atoms with van der Waals surface area (Å²) in [5, 5.41) is 5.24. The van der Waals surface area contributed by atoms with Crippen molar-refractivity contribution in [2.75, 3.05) is 5.75 Å². The number of benzene rings is 1. The molecule has 2 aromatic rings. The highest BCUT2D eigenvalue weighted by molar-refractivity contribution is 7.93. The molecule has 0 bridgehead atoms. The van der Waals surface area contributed by atoms with Gasteiger partial charge in [0.2, 0.25) is 0 Å². The Hall–Kier alpha value is -2.20. The van der Waals surface area contributed by atoms with Crippen LogP contribution in [0.1, 0.15) is 27.9 Å². The zero-order chi connectivity index (χ0) is 18.2. The first-order valence-corrected chi connectivity index (χ1v) is 9.48. The predicted molar refractivity (Wildman–Crippen MR) is 84.4 cm³/mol. The second-order valence-electron chi connectivity index (χ2n) is 5.19. The maximum Gasteiger partial charge on any atom is 0.416 e. The number of hydrogen-bond acceptors (Lipinski definition) is 6. The molecule has 0 fully saturated rings. The average molecular weight is 389 g/mol. The van der Waals surface area contributed by atoms with Crippen molar-refractivity contribution in [1.29, 1.82) is 0 Å². The maximum atomic E-state index is 12.7. The Morgan fingerprint density at radius 2 is 2.00 bits per heavy atom. The van der Waals surface area contributed by atoms with E-state index in [1.54, 1.807) is 11.4 Å². The van der Waals surface area contributed by atoms with E-state index in [0.29, 0.717) is 11.6 Å². The van der Waals surface area contributed by atoms with Crippen molar-refractivity contribution in [3.63, 3.8) is 0 Å². The summed E-state index contributed by atoms with van der Waals surface area (Å²) in [6.07, 6.45) is -4.52. The molecule has 0 aliphatic carbocycles. The predicted octanol–water partition coefficient (Wildman–Crippen LogP) is 3.51. The number of rotatable bonds is 2. The van der Waals surface area contributed by atoms with Crippen LogP contribution in [0.15, 0.2) is 45.1 Å². The smallest absolute Gasteiger partial charge is 0.313 e. The second-order valence-corrected chi connectivity index (χ2v) is 8.41. The van der Waals surface area contributed by atoms with Gasteiger partial charge < -0.3 is 4.84 Å². The number of fused-ring (bicyclic) bond motifs is 1. The number of nitrogens with zero attached hydrogens (tertiary/aromatic N) is 1. The molecule has 3 rings (SSSR count). The lowest BCUT2D eigenvalue weighted by molar-refractivity contribution is -0.137. The highest BCUT2D eigenvalue weighted by Crippen LogP contribution is 2.31. The normalized spacial score (nSPS) is 18.0. The number of carbonyl (C=O) groups excluding carboxylic acids is 1.